The molecular weight excluding hydrogens is 260 g/mol. The number of carboxylic acid groups (broad SMARTS) is 1. The van der Waals surface area contributed by atoms with Crippen molar-refractivity contribution >= 4 is 33.7 Å². The minimum absolute atomic E-state index is 0.294. The molecule has 1 aromatic carbocycles. The minimum atomic E-state index is -1.21. The number of rotatable bonds is 3. The molecule has 0 fully saturated rings. The molecule has 0 saturated heterocycles. The summed E-state index contributed by atoms with van der Waals surface area (Å²) in [6, 6.07) is 7.34. The van der Waals surface area contributed by atoms with E-state index in [0.29, 0.717) is 0 Å². The maximum atomic E-state index is 10.5. The summed E-state index contributed by atoms with van der Waals surface area (Å²) in [7, 11) is 0. The molecule has 0 amide bonds. The second-order valence-corrected chi connectivity index (χ2v) is 3.60. The Kier molecular flexibility index (Phi) is 3.97. The Bertz CT molecular complexity index is 445. The van der Waals surface area contributed by atoms with E-state index >= 15 is 0 Å². The number of hydrogen-bond acceptors (Lipinski definition) is 2. The van der Waals surface area contributed by atoms with Gasteiger partial charge in [-0.3, -0.25) is 0 Å². The molecule has 0 aliphatic rings. The van der Waals surface area contributed by atoms with Gasteiger partial charge in [-0.1, -0.05) is 28.1 Å². The van der Waals surface area contributed by atoms with Crippen LogP contribution < -0.4 is 0 Å². The van der Waals surface area contributed by atoms with E-state index in [1.807, 2.05) is 24.3 Å². The number of halogens is 1. The van der Waals surface area contributed by atoms with Crippen LogP contribution in [0.15, 0.2) is 34.8 Å². The highest BCUT2D eigenvalue weighted by Gasteiger charge is 2.16. The number of aliphatic carboxylic acids is 1. The molecule has 0 aliphatic carbocycles. The molecule has 2 N–H and O–H groups in total. The molecule has 0 aromatic heterocycles. The molecular formula is C10H8BrN2O2+. The van der Waals surface area contributed by atoms with Crippen LogP contribution in [0.4, 0.5) is 0 Å². The first-order valence-corrected chi connectivity index (χ1v) is 4.84. The van der Waals surface area contributed by atoms with Crippen molar-refractivity contribution in [1.82, 2.24) is 0 Å². The Morgan fingerprint density at radius 2 is 2.00 bits per heavy atom. The average Bonchev–Trinajstić information content (AvgIpc) is 2.21. The van der Waals surface area contributed by atoms with E-state index in [2.05, 4.69) is 20.7 Å². The summed E-state index contributed by atoms with van der Waals surface area (Å²) < 4.78 is 0.951. The van der Waals surface area contributed by atoms with Crippen molar-refractivity contribution in [2.24, 2.45) is 0 Å². The van der Waals surface area contributed by atoms with Gasteiger partial charge in [0, 0.05) is 10.5 Å². The monoisotopic (exact) mass is 267 g/mol. The first-order chi connectivity index (χ1) is 7.13. The molecule has 76 valence electrons. The molecule has 0 atom stereocenters. The predicted octanol–water partition coefficient (Wildman–Crippen LogP) is 2.23. The number of benzene rings is 1. The lowest BCUT2D eigenvalue weighted by Gasteiger charge is -1.91. The smallest absolute Gasteiger partial charge is 0.448 e. The summed E-state index contributed by atoms with van der Waals surface area (Å²) in [5.74, 6) is -1.21. The highest BCUT2D eigenvalue weighted by molar-refractivity contribution is 9.10. The number of carbonyl (C=O) groups is 1. The summed E-state index contributed by atoms with van der Waals surface area (Å²) in [5.41, 5.74) is 7.19. The summed E-state index contributed by atoms with van der Waals surface area (Å²) in [6.45, 7) is 0. The van der Waals surface area contributed by atoms with Crippen LogP contribution in [0.25, 0.3) is 6.08 Å². The maximum Gasteiger partial charge on any atom is 0.448 e. The standard InChI is InChI=1S/C10H7BrN2O2/c11-8-4-1-7(2-5-8)3-6-9(13-12)10(14)15/h1-6,12H/p+1. The van der Waals surface area contributed by atoms with Gasteiger partial charge in [0.2, 0.25) is 0 Å². The second-order valence-electron chi connectivity index (χ2n) is 2.69. The number of hydrogen-bond donors (Lipinski definition) is 2. The second kappa shape index (κ2) is 5.24. The van der Waals surface area contributed by atoms with Gasteiger partial charge >= 0.3 is 11.7 Å². The van der Waals surface area contributed by atoms with Gasteiger partial charge in [-0.25, -0.2) is 4.79 Å². The SMILES string of the molecule is N=[N+]=C(C=Cc1ccc(Br)cc1)C(=O)O. The van der Waals surface area contributed by atoms with Gasteiger partial charge in [0.25, 0.3) is 0 Å². The van der Waals surface area contributed by atoms with Crippen LogP contribution in [0.3, 0.4) is 0 Å². The molecule has 0 bridgehead atoms. The lowest BCUT2D eigenvalue weighted by Crippen LogP contribution is -2.10. The number of nitrogens with zero attached hydrogens (tertiary/aromatic N) is 1. The van der Waals surface area contributed by atoms with Crippen molar-refractivity contribution in [1.29, 1.82) is 5.53 Å². The van der Waals surface area contributed by atoms with Crippen LogP contribution in [0, 0.1) is 5.53 Å². The molecule has 1 rings (SSSR count). The van der Waals surface area contributed by atoms with E-state index in [1.165, 1.54) is 6.08 Å². The van der Waals surface area contributed by atoms with E-state index in [1.54, 1.807) is 6.08 Å². The molecule has 15 heavy (non-hydrogen) atoms. The summed E-state index contributed by atoms with van der Waals surface area (Å²) >= 11 is 3.29. The van der Waals surface area contributed by atoms with Crippen molar-refractivity contribution in [3.8, 4) is 0 Å². The van der Waals surface area contributed by atoms with Crippen LogP contribution >= 0.6 is 15.9 Å². The molecule has 0 unspecified atom stereocenters. The summed E-state index contributed by atoms with van der Waals surface area (Å²) in [6.07, 6.45) is 2.88. The fourth-order valence-corrected chi connectivity index (χ4v) is 1.17. The molecule has 0 aliphatic heterocycles. The Morgan fingerprint density at radius 1 is 1.40 bits per heavy atom. The van der Waals surface area contributed by atoms with Crippen LogP contribution in [0.1, 0.15) is 5.56 Å². The number of carboxylic acids is 1. The first-order valence-electron chi connectivity index (χ1n) is 4.05. The van der Waals surface area contributed by atoms with Crippen LogP contribution in [0.5, 0.6) is 0 Å². The van der Waals surface area contributed by atoms with E-state index in [0.717, 1.165) is 10.0 Å². The maximum absolute atomic E-state index is 10.5. The van der Waals surface area contributed by atoms with Crippen LogP contribution in [-0.2, 0) is 4.79 Å². The highest BCUT2D eigenvalue weighted by Crippen LogP contribution is 2.11. The molecule has 4 nitrogen and oxygen atoms in total. The zero-order chi connectivity index (χ0) is 11.3. The molecule has 0 spiro atoms. The Hall–Kier alpha value is -1.71. The zero-order valence-electron chi connectivity index (χ0n) is 7.64. The summed E-state index contributed by atoms with van der Waals surface area (Å²) in [4.78, 5) is 13.4. The lowest BCUT2D eigenvalue weighted by molar-refractivity contribution is -0.147. The molecule has 1 aromatic rings. The molecule has 5 heteroatoms. The molecule has 0 heterocycles. The third kappa shape index (κ3) is 3.50. The fraction of sp³-hybridized carbons (Fsp3) is 0. The Labute approximate surface area is 94.6 Å². The average molecular weight is 268 g/mol. The van der Waals surface area contributed by atoms with Gasteiger partial charge in [0.15, 0.2) is 0 Å². The zero-order valence-corrected chi connectivity index (χ0v) is 9.23. The van der Waals surface area contributed by atoms with Gasteiger partial charge in [-0.05, 0) is 23.8 Å². The topological polar surface area (TPSA) is 75.2 Å². The van der Waals surface area contributed by atoms with Gasteiger partial charge in [-0.15, -0.1) is 0 Å². The van der Waals surface area contributed by atoms with E-state index < -0.39 is 5.97 Å². The first kappa shape index (κ1) is 11.4. The van der Waals surface area contributed by atoms with Gasteiger partial charge in [0.1, 0.15) is 0 Å². The minimum Gasteiger partial charge on any atom is -0.472 e. The van der Waals surface area contributed by atoms with Crippen molar-refractivity contribution in [2.75, 3.05) is 0 Å². The summed E-state index contributed by atoms with van der Waals surface area (Å²) in [5, 5.41) is 8.59. The van der Waals surface area contributed by atoms with Crippen molar-refractivity contribution in [3.63, 3.8) is 0 Å². The third-order valence-corrected chi connectivity index (χ3v) is 2.17. The third-order valence-electron chi connectivity index (χ3n) is 1.64. The fourth-order valence-electron chi connectivity index (χ4n) is 0.905. The van der Waals surface area contributed by atoms with Crippen molar-refractivity contribution < 1.29 is 14.7 Å². The van der Waals surface area contributed by atoms with Crippen molar-refractivity contribution in [2.45, 2.75) is 0 Å². The van der Waals surface area contributed by atoms with E-state index in [-0.39, 0.29) is 5.71 Å². The van der Waals surface area contributed by atoms with E-state index in [4.69, 9.17) is 10.6 Å². The van der Waals surface area contributed by atoms with E-state index in [9.17, 15) is 4.79 Å². The quantitative estimate of drug-likeness (QED) is 0.501. The van der Waals surface area contributed by atoms with Gasteiger partial charge in [0.05, 0.1) is 10.3 Å². The Morgan fingerprint density at radius 3 is 2.47 bits per heavy atom. The highest BCUT2D eigenvalue weighted by atomic mass is 79.9. The lowest BCUT2D eigenvalue weighted by atomic mass is 10.2. The molecule has 0 saturated carbocycles. The van der Waals surface area contributed by atoms with Crippen molar-refractivity contribution in [3.05, 3.63) is 40.4 Å². The van der Waals surface area contributed by atoms with Gasteiger partial charge < -0.3 is 5.11 Å². The predicted molar refractivity (Wildman–Crippen MR) is 58.8 cm³/mol. The number of nitrogens with one attached hydrogen (secondary N) is 1. The molecule has 0 radical (unpaired) electrons. The Balaban J connectivity index is 2.86. The normalized spacial score (nSPS) is 9.93. The largest absolute Gasteiger partial charge is 0.472 e. The van der Waals surface area contributed by atoms with Crippen LogP contribution in [-0.4, -0.2) is 21.6 Å². The van der Waals surface area contributed by atoms with Crippen LogP contribution in [0.2, 0.25) is 0 Å². The van der Waals surface area contributed by atoms with Gasteiger partial charge in [-0.2, -0.15) is 0 Å².